The van der Waals surface area contributed by atoms with Gasteiger partial charge < -0.3 is 72.2 Å². The van der Waals surface area contributed by atoms with Crippen LogP contribution in [0.4, 0.5) is 0 Å². The summed E-state index contributed by atoms with van der Waals surface area (Å²) in [6, 6.07) is 18.3. The van der Waals surface area contributed by atoms with Crippen LogP contribution in [0.2, 0.25) is 0 Å². The number of hydrogen-bond acceptors (Lipinski definition) is 21. The molecule has 3 aromatic carbocycles. The van der Waals surface area contributed by atoms with Crippen molar-refractivity contribution in [1.29, 1.82) is 0 Å². The van der Waals surface area contributed by atoms with Crippen LogP contribution in [0.5, 0.6) is 17.2 Å². The Morgan fingerprint density at radius 3 is 1.16 bits per heavy atom. The topological polar surface area (TPSA) is 274 Å². The van der Waals surface area contributed by atoms with Gasteiger partial charge in [-0.05, 0) is 309 Å². The molecule has 117 heavy (non-hydrogen) atoms. The number of aliphatic hydroxyl groups excluding tert-OH is 3. The van der Waals surface area contributed by atoms with Crippen LogP contribution in [0, 0.1) is 71.0 Å². The Hall–Kier alpha value is -5.91. The maximum atomic E-state index is 12.8. The zero-order valence-electron chi connectivity index (χ0n) is 71.4. The van der Waals surface area contributed by atoms with E-state index in [2.05, 4.69) is 39.0 Å². The van der Waals surface area contributed by atoms with E-state index in [1.165, 1.54) is 106 Å². The lowest BCUT2D eigenvalue weighted by atomic mass is 9.73. The van der Waals surface area contributed by atoms with Gasteiger partial charge in [0.25, 0.3) is 0 Å². The zero-order chi connectivity index (χ0) is 83.2. The van der Waals surface area contributed by atoms with Crippen LogP contribution in [-0.4, -0.2) is 161 Å². The number of unbranched alkanes of at least 4 members (excludes halogenated alkanes) is 6. The number of rotatable bonds is 39. The number of carbonyl (C=O) groups is 6. The molecule has 14 rings (SSSR count). The van der Waals surface area contributed by atoms with E-state index in [4.69, 9.17) is 73.5 Å². The first-order valence-electron chi connectivity index (χ1n) is 45.3. The molecule has 0 bridgehead atoms. The molecule has 21 nitrogen and oxygen atoms in total. The molecule has 5 unspecified atom stereocenters. The second-order valence-corrected chi connectivity index (χ2v) is 35.5. The Kier molecular flexibility index (Phi) is 38.8. The highest BCUT2D eigenvalue weighted by atomic mass is 35.5. The Morgan fingerprint density at radius 1 is 0.444 bits per heavy atom. The van der Waals surface area contributed by atoms with E-state index in [0.717, 1.165) is 237 Å². The second-order valence-electron chi connectivity index (χ2n) is 35.1. The maximum Gasteiger partial charge on any atom is 0.343 e. The predicted octanol–water partition coefficient (Wildman–Crippen LogP) is 16.8. The van der Waals surface area contributed by atoms with E-state index in [1.54, 1.807) is 0 Å². The van der Waals surface area contributed by atoms with Crippen molar-refractivity contribution in [3.63, 3.8) is 0 Å². The third-order valence-corrected chi connectivity index (χ3v) is 27.1. The minimum absolute atomic E-state index is 0.000358. The smallest absolute Gasteiger partial charge is 0.343 e. The summed E-state index contributed by atoms with van der Waals surface area (Å²) < 4.78 is 68.8. The van der Waals surface area contributed by atoms with Gasteiger partial charge in [0.05, 0.1) is 57.6 Å². The first kappa shape index (κ1) is 93.4. The van der Waals surface area contributed by atoms with Crippen LogP contribution >= 0.6 is 11.6 Å². The van der Waals surface area contributed by atoms with Crippen molar-refractivity contribution < 1.29 is 101 Å². The largest absolute Gasteiger partial charge is 0.482 e. The van der Waals surface area contributed by atoms with E-state index < -0.39 is 5.97 Å². The number of hydrogen-bond donors (Lipinski definition) is 3. The van der Waals surface area contributed by atoms with Crippen molar-refractivity contribution in [2.45, 2.75) is 320 Å². The summed E-state index contributed by atoms with van der Waals surface area (Å²) in [7, 11) is 5.11. The molecule has 0 amide bonds. The van der Waals surface area contributed by atoms with Gasteiger partial charge in [0, 0.05) is 26.2 Å². The van der Waals surface area contributed by atoms with Crippen LogP contribution in [-0.2, 0) is 110 Å². The molecule has 2 saturated heterocycles. The van der Waals surface area contributed by atoms with E-state index >= 15 is 0 Å². The maximum absolute atomic E-state index is 12.8. The molecule has 0 spiro atoms. The van der Waals surface area contributed by atoms with Gasteiger partial charge in [0.1, 0.15) is 29.5 Å². The van der Waals surface area contributed by atoms with Crippen LogP contribution in [0.1, 0.15) is 266 Å². The molecule has 17 atom stereocenters. The zero-order valence-corrected chi connectivity index (χ0v) is 72.2. The van der Waals surface area contributed by atoms with Gasteiger partial charge in [-0.2, -0.15) is 0 Å². The molecule has 22 heteroatoms. The highest BCUT2D eigenvalue weighted by molar-refractivity contribution is 6.64. The molecule has 0 radical (unpaired) electrons. The van der Waals surface area contributed by atoms with Crippen LogP contribution in [0.3, 0.4) is 0 Å². The number of fused-ring (bicyclic) bond motifs is 6. The van der Waals surface area contributed by atoms with Crippen molar-refractivity contribution in [3.05, 3.63) is 88.0 Å². The standard InChI is InChI=1S/C33H48O7.C29H44O6.C28H40O6.C4H5ClO.CH4O/c1-3-4-5-10-25(39-32-12-6-7-17-37-32)15-16-26-27-18-23-9-8-11-29(38-21-31(34)36-2)28(23)19-24(27)20-30(26)40-33(35)22-13-14-22;1-3-4-5-10-22(35-29-12-6-7-15-33-29)13-14-23-24-16-20-9-8-11-27(34-19-28(31)32-2)25(20)17-21(24)18-26(23)30;1-3-4-5-8-21(29)12-13-22-23-14-19-7-6-9-25(33-17-27(30)32-2)24(19)15-20(23)16-26(22)34-28(31)18-10-11-18;5-4(6)3-1-2-3;1-2/h8-9,11,22,24-27,30,32H,3-7,10,12-21H2,1-2H3;8-9,11,21-24,26,29-30H,3-7,10,12-19H2,1-2H3;6-7,9,18,20-23,26,29H,3-5,8,10-17H2,1-2H3;3H,1-2H2;2H,1H3/t24-,25+,26?,27-,30+,32?;21-,22+,23?,24-,26+,29?;20-,21+,22?,23-,26+;;/m000../s1. The number of benzene rings is 3. The van der Waals surface area contributed by atoms with Gasteiger partial charge in [-0.25, -0.2) is 14.4 Å². The highest BCUT2D eigenvalue weighted by Gasteiger charge is 2.51. The summed E-state index contributed by atoms with van der Waals surface area (Å²) >= 11 is 5.04. The summed E-state index contributed by atoms with van der Waals surface area (Å²) in [5, 5.41) is 28.5. The molecule has 2 heterocycles. The summed E-state index contributed by atoms with van der Waals surface area (Å²) in [5.41, 5.74) is 7.39. The monoisotopic (exact) mass is 1650 g/mol. The molecule has 9 aliphatic carbocycles. The van der Waals surface area contributed by atoms with E-state index in [0.29, 0.717) is 47.3 Å². The summed E-state index contributed by atoms with van der Waals surface area (Å²) in [4.78, 5) is 70.2. The number of ether oxygens (including phenoxy) is 12. The molecule has 8 fully saturated rings. The summed E-state index contributed by atoms with van der Waals surface area (Å²) in [6.07, 6.45) is 39.4. The third-order valence-electron chi connectivity index (χ3n) is 26.8. The van der Waals surface area contributed by atoms with Gasteiger partial charge in [-0.15, -0.1) is 0 Å². The van der Waals surface area contributed by atoms with Crippen molar-refractivity contribution in [1.82, 2.24) is 0 Å². The number of aliphatic hydroxyl groups is 3. The first-order valence-corrected chi connectivity index (χ1v) is 45.7. The number of carbonyl (C=O) groups excluding carboxylic acids is 6. The van der Waals surface area contributed by atoms with Crippen LogP contribution < -0.4 is 14.2 Å². The van der Waals surface area contributed by atoms with Gasteiger partial charge in [0.2, 0.25) is 5.24 Å². The van der Waals surface area contributed by atoms with Crippen molar-refractivity contribution in [3.8, 4) is 17.2 Å². The lowest BCUT2D eigenvalue weighted by Gasteiger charge is -2.33. The number of esters is 5. The Morgan fingerprint density at radius 2 is 0.812 bits per heavy atom. The highest BCUT2D eigenvalue weighted by Crippen LogP contribution is 2.54. The molecular weight excluding hydrogens is 1510 g/mol. The lowest BCUT2D eigenvalue weighted by molar-refractivity contribution is -0.192. The minimum Gasteiger partial charge on any atom is -0.482 e. The number of methoxy groups -OCH3 is 3. The van der Waals surface area contributed by atoms with Crippen molar-refractivity contribution in [2.75, 3.05) is 61.5 Å². The normalized spacial score (nSPS) is 27.0. The fourth-order valence-electron chi connectivity index (χ4n) is 19.8. The summed E-state index contributed by atoms with van der Waals surface area (Å²) in [5.74, 6) is 5.13. The molecule has 3 aromatic rings. The molecule has 654 valence electrons. The van der Waals surface area contributed by atoms with E-state index in [1.807, 2.05) is 36.4 Å². The van der Waals surface area contributed by atoms with Gasteiger partial charge >= 0.3 is 29.8 Å². The van der Waals surface area contributed by atoms with Crippen molar-refractivity contribution in [2.24, 2.45) is 71.0 Å². The predicted molar refractivity (Wildman–Crippen MR) is 445 cm³/mol. The molecule has 0 aromatic heterocycles. The Labute approximate surface area is 702 Å². The summed E-state index contributed by atoms with van der Waals surface area (Å²) in [6.45, 7) is 8.00. The third kappa shape index (κ3) is 28.6. The fraction of sp³-hybridized carbons (Fsp3) is 0.747. The van der Waals surface area contributed by atoms with Gasteiger partial charge in [-0.1, -0.05) is 115 Å². The SMILES string of the molecule is CCCCC[C@@H](O)CCC1[C@H]2Cc3cccc(OCC(=O)OC)c3C[C@H]2C[C@H]1OC(=O)C1CC1.CCCCC[C@H](CCC1[C@H](O)C[C@@H]2Cc3c(cccc3OCC(=O)OC)C[C@H]12)OC1CCCCO1.CCCCC[C@H](CCC1[C@H]2Cc3cccc(OCC(=O)OC)c3C[C@H]2C[C@H]1OC(=O)C1CC1)OC1CCCCO1.CO.O=C(Cl)C1CC1. The molecule has 6 saturated carbocycles. The fourth-order valence-corrected chi connectivity index (χ4v) is 20.1. The van der Waals surface area contributed by atoms with Gasteiger partial charge in [-0.3, -0.25) is 14.4 Å². The van der Waals surface area contributed by atoms with Gasteiger partial charge in [0.15, 0.2) is 32.4 Å². The Bertz CT molecular complexity index is 3530. The average molecular weight is 1650 g/mol. The first-order chi connectivity index (χ1) is 56.9. The van der Waals surface area contributed by atoms with Crippen molar-refractivity contribution >= 4 is 46.7 Å². The minimum atomic E-state index is -0.392. The molecule has 11 aliphatic rings. The number of halogens is 1. The van der Waals surface area contributed by atoms with E-state index in [9.17, 15) is 39.0 Å². The quantitative estimate of drug-likeness (QED) is 0.0207. The van der Waals surface area contributed by atoms with E-state index in [-0.39, 0.29) is 122 Å². The van der Waals surface area contributed by atoms with Crippen LogP contribution in [0.25, 0.3) is 0 Å². The molecule has 3 N–H and O–H groups in total. The lowest BCUT2D eigenvalue weighted by Crippen LogP contribution is -2.32. The Balaban J connectivity index is 0.000000177. The van der Waals surface area contributed by atoms with Crippen LogP contribution in [0.15, 0.2) is 54.6 Å². The second kappa shape index (κ2) is 48.7. The molecule has 2 aliphatic heterocycles. The molecular formula is C95H141ClO21. The average Bonchev–Trinajstić information content (AvgIpc) is 1.64.